The average Bonchev–Trinajstić information content (AvgIpc) is 2.76. The molecule has 4 atom stereocenters. The predicted molar refractivity (Wildman–Crippen MR) is 108 cm³/mol. The van der Waals surface area contributed by atoms with Crippen LogP contribution >= 0.6 is 0 Å². The molecule has 2 heterocycles. The Balaban J connectivity index is 1.72. The normalized spacial score (nSPS) is 28.2. The highest BCUT2D eigenvalue weighted by Crippen LogP contribution is 2.21. The first-order valence-electron chi connectivity index (χ1n) is 9.51. The topological polar surface area (TPSA) is 152 Å². The highest BCUT2D eigenvalue weighted by molar-refractivity contribution is 7.93. The van der Waals surface area contributed by atoms with Crippen LogP contribution in [0, 0.1) is 11.3 Å². The van der Waals surface area contributed by atoms with Gasteiger partial charge in [-0.2, -0.15) is 5.26 Å². The molecule has 10 nitrogen and oxygen atoms in total. The van der Waals surface area contributed by atoms with Crippen LogP contribution < -0.4 is 9.62 Å². The summed E-state index contributed by atoms with van der Waals surface area (Å²) in [5.74, 6) is 0. The minimum absolute atomic E-state index is 0.254. The number of aliphatic hydroxyl groups excluding tert-OH is 3. The van der Waals surface area contributed by atoms with Crippen LogP contribution in [-0.4, -0.2) is 87.6 Å². The minimum atomic E-state index is -4.27. The molecule has 0 aromatic heterocycles. The molecule has 11 heteroatoms. The summed E-state index contributed by atoms with van der Waals surface area (Å²) in [6, 6.07) is 7.62. The molecule has 4 N–H and O–H groups in total. The molecule has 2 fully saturated rings. The second-order valence-corrected chi connectivity index (χ2v) is 8.76. The second-order valence-electron chi connectivity index (χ2n) is 7.07. The molecule has 0 unspecified atom stereocenters. The first-order valence-corrected chi connectivity index (χ1v) is 11.0. The van der Waals surface area contributed by atoms with Crippen LogP contribution in [0.3, 0.4) is 0 Å². The van der Waals surface area contributed by atoms with E-state index >= 15 is 0 Å². The number of allylic oxidation sites excluding steroid dienone is 1. The number of anilines is 1. The van der Waals surface area contributed by atoms with Crippen LogP contribution in [0.2, 0.25) is 0 Å². The van der Waals surface area contributed by atoms with Gasteiger partial charge >= 0.3 is 0 Å². The Morgan fingerprint density at radius 2 is 1.90 bits per heavy atom. The van der Waals surface area contributed by atoms with E-state index in [0.717, 1.165) is 18.8 Å². The van der Waals surface area contributed by atoms with Crippen molar-refractivity contribution >= 4 is 21.8 Å². The monoisotopic (exact) mass is 439 g/mol. The van der Waals surface area contributed by atoms with E-state index < -0.39 is 45.9 Å². The molecule has 0 saturated carbocycles. The van der Waals surface area contributed by atoms with Crippen LogP contribution in [0.5, 0.6) is 0 Å². The number of nitrogens with zero attached hydrogens (tertiary/aromatic N) is 2. The summed E-state index contributed by atoms with van der Waals surface area (Å²) < 4.78 is 37.9. The van der Waals surface area contributed by atoms with Gasteiger partial charge in [-0.1, -0.05) is 12.1 Å². The molecule has 0 radical (unpaired) electrons. The van der Waals surface area contributed by atoms with Crippen molar-refractivity contribution in [2.24, 2.45) is 0 Å². The SMILES string of the molecule is N#C/C(=C\c1ccc(N2CCOCC2)cc1)S(=O)(=O)N[C@H]1CO[C@H](CO)[C@@H](O)[C@@H]1O. The summed E-state index contributed by atoms with van der Waals surface area (Å²) in [6.45, 7) is 2.07. The summed E-state index contributed by atoms with van der Waals surface area (Å²) in [7, 11) is -4.27. The lowest BCUT2D eigenvalue weighted by atomic mass is 9.99. The molecule has 1 aromatic carbocycles. The third-order valence-electron chi connectivity index (χ3n) is 5.09. The zero-order valence-corrected chi connectivity index (χ0v) is 17.0. The van der Waals surface area contributed by atoms with Gasteiger partial charge < -0.3 is 29.7 Å². The third kappa shape index (κ3) is 5.16. The van der Waals surface area contributed by atoms with Gasteiger partial charge in [-0.3, -0.25) is 0 Å². The minimum Gasteiger partial charge on any atom is -0.394 e. The number of morpholine rings is 1. The Labute approximate surface area is 175 Å². The standard InChI is InChI=1S/C19H25N3O7S/c20-10-15(9-13-1-3-14(4-2-13)22-5-7-28-8-6-22)30(26,27)21-16-12-29-17(11-23)19(25)18(16)24/h1-4,9,16-19,21,23-25H,5-8,11-12H2/b15-9+/t16-,17+,18+,19+/m0/s1. The van der Waals surface area contributed by atoms with E-state index in [4.69, 9.17) is 14.6 Å². The number of nitrogens with one attached hydrogen (secondary N) is 1. The molecule has 0 spiro atoms. The van der Waals surface area contributed by atoms with E-state index in [-0.39, 0.29) is 6.61 Å². The number of hydrogen-bond donors (Lipinski definition) is 4. The molecular formula is C19H25N3O7S. The van der Waals surface area contributed by atoms with Crippen molar-refractivity contribution < 1.29 is 33.2 Å². The molecule has 164 valence electrons. The maximum Gasteiger partial charge on any atom is 0.251 e. The van der Waals surface area contributed by atoms with Gasteiger partial charge in [0.2, 0.25) is 0 Å². The number of rotatable bonds is 6. The zero-order chi connectivity index (χ0) is 21.7. The maximum atomic E-state index is 12.6. The molecule has 0 aliphatic carbocycles. The predicted octanol–water partition coefficient (Wildman–Crippen LogP) is -1.21. The summed E-state index contributed by atoms with van der Waals surface area (Å²) in [5.41, 5.74) is 1.50. The average molecular weight is 439 g/mol. The van der Waals surface area contributed by atoms with Crippen molar-refractivity contribution in [2.75, 3.05) is 44.4 Å². The fourth-order valence-electron chi connectivity index (χ4n) is 3.33. The van der Waals surface area contributed by atoms with Crippen molar-refractivity contribution in [3.05, 3.63) is 34.7 Å². The van der Waals surface area contributed by atoms with Gasteiger partial charge in [0.15, 0.2) is 4.91 Å². The number of benzene rings is 1. The maximum absolute atomic E-state index is 12.6. The molecule has 30 heavy (non-hydrogen) atoms. The molecule has 2 saturated heterocycles. The van der Waals surface area contributed by atoms with Gasteiger partial charge in [0.25, 0.3) is 10.0 Å². The van der Waals surface area contributed by atoms with Crippen molar-refractivity contribution in [3.63, 3.8) is 0 Å². The summed E-state index contributed by atoms with van der Waals surface area (Å²) in [5, 5.41) is 38.5. The van der Waals surface area contributed by atoms with E-state index in [1.807, 2.05) is 12.1 Å². The van der Waals surface area contributed by atoms with E-state index in [2.05, 4.69) is 9.62 Å². The summed E-state index contributed by atoms with van der Waals surface area (Å²) in [4.78, 5) is 1.61. The lowest BCUT2D eigenvalue weighted by Gasteiger charge is -2.36. The molecular weight excluding hydrogens is 414 g/mol. The number of aliphatic hydroxyl groups is 3. The second kappa shape index (κ2) is 9.84. The van der Waals surface area contributed by atoms with Crippen molar-refractivity contribution in [3.8, 4) is 6.07 Å². The fourth-order valence-corrected chi connectivity index (χ4v) is 4.48. The smallest absolute Gasteiger partial charge is 0.251 e. The number of nitriles is 1. The fraction of sp³-hybridized carbons (Fsp3) is 0.526. The molecule has 1 aromatic rings. The van der Waals surface area contributed by atoms with Crippen molar-refractivity contribution in [1.82, 2.24) is 4.72 Å². The first-order chi connectivity index (χ1) is 14.4. The lowest BCUT2D eigenvalue weighted by Crippen LogP contribution is -2.59. The van der Waals surface area contributed by atoms with Crippen LogP contribution in [-0.2, 0) is 19.5 Å². The quantitative estimate of drug-likeness (QED) is 0.400. The Morgan fingerprint density at radius 1 is 1.23 bits per heavy atom. The van der Waals surface area contributed by atoms with Gasteiger partial charge in [-0.15, -0.1) is 0 Å². The van der Waals surface area contributed by atoms with Crippen LogP contribution in [0.1, 0.15) is 5.56 Å². The van der Waals surface area contributed by atoms with Gasteiger partial charge in [0.1, 0.15) is 24.4 Å². The molecule has 3 rings (SSSR count). The summed E-state index contributed by atoms with van der Waals surface area (Å²) in [6.07, 6.45) is -2.72. The molecule has 0 amide bonds. The van der Waals surface area contributed by atoms with E-state index in [0.29, 0.717) is 18.8 Å². The molecule has 0 bridgehead atoms. The number of sulfonamides is 1. The Morgan fingerprint density at radius 3 is 2.50 bits per heavy atom. The van der Waals surface area contributed by atoms with Gasteiger partial charge in [-0.25, -0.2) is 13.1 Å². The highest BCUT2D eigenvalue weighted by atomic mass is 32.2. The number of ether oxygens (including phenoxy) is 2. The van der Waals surface area contributed by atoms with Crippen LogP contribution in [0.25, 0.3) is 6.08 Å². The highest BCUT2D eigenvalue weighted by Gasteiger charge is 2.40. The third-order valence-corrected chi connectivity index (χ3v) is 6.49. The zero-order valence-electron chi connectivity index (χ0n) is 16.2. The first kappa shape index (κ1) is 22.6. The van der Waals surface area contributed by atoms with Crippen molar-refractivity contribution in [2.45, 2.75) is 24.4 Å². The lowest BCUT2D eigenvalue weighted by molar-refractivity contribution is -0.158. The van der Waals surface area contributed by atoms with Crippen LogP contribution in [0.4, 0.5) is 5.69 Å². The number of hydrogen-bond acceptors (Lipinski definition) is 9. The molecule has 2 aliphatic rings. The van der Waals surface area contributed by atoms with Crippen molar-refractivity contribution in [1.29, 1.82) is 5.26 Å². The largest absolute Gasteiger partial charge is 0.394 e. The Kier molecular flexibility index (Phi) is 7.43. The Hall–Kier alpha value is -2.04. The van der Waals surface area contributed by atoms with E-state index in [1.165, 1.54) is 6.08 Å². The van der Waals surface area contributed by atoms with E-state index in [9.17, 15) is 23.9 Å². The van der Waals surface area contributed by atoms with Gasteiger partial charge in [0.05, 0.1) is 32.5 Å². The Bertz CT molecular complexity index is 892. The van der Waals surface area contributed by atoms with Gasteiger partial charge in [0, 0.05) is 18.8 Å². The van der Waals surface area contributed by atoms with E-state index in [1.54, 1.807) is 18.2 Å². The summed E-state index contributed by atoms with van der Waals surface area (Å²) >= 11 is 0. The molecule has 2 aliphatic heterocycles. The van der Waals surface area contributed by atoms with Crippen LogP contribution in [0.15, 0.2) is 29.2 Å². The van der Waals surface area contributed by atoms with Gasteiger partial charge in [-0.05, 0) is 23.8 Å².